The molecule has 0 saturated carbocycles. The van der Waals surface area contributed by atoms with Crippen molar-refractivity contribution in [3.63, 3.8) is 0 Å². The minimum absolute atomic E-state index is 0.929. The molecule has 0 aliphatic heterocycles. The van der Waals surface area contributed by atoms with Gasteiger partial charge in [-0.25, -0.2) is 0 Å². The van der Waals surface area contributed by atoms with Crippen molar-refractivity contribution in [3.8, 4) is 28.0 Å². The van der Waals surface area contributed by atoms with Gasteiger partial charge in [0.1, 0.15) is 5.75 Å². The monoisotopic (exact) mass is 364 g/mol. The third-order valence-electron chi connectivity index (χ3n) is 3.61. The highest BCUT2D eigenvalue weighted by atomic mass is 16.5. The highest BCUT2D eigenvalue weighted by Crippen LogP contribution is 2.39. The zero-order valence-corrected chi connectivity index (χ0v) is 18.3. The molecule has 3 aromatic carbocycles. The lowest BCUT2D eigenvalue weighted by Gasteiger charge is -2.15. The lowest BCUT2D eigenvalue weighted by Crippen LogP contribution is -1.93. The maximum absolute atomic E-state index is 5.74. The Morgan fingerprint density at radius 3 is 1.19 bits per heavy atom. The number of hydrogen-bond donors (Lipinski definition) is 0. The summed E-state index contributed by atoms with van der Waals surface area (Å²) in [5.74, 6) is 0.929. The highest BCUT2D eigenvalue weighted by Gasteiger charge is 2.13. The number of ether oxygens (including phenoxy) is 1. The average molecular weight is 365 g/mol. The molecule has 0 bridgehead atoms. The van der Waals surface area contributed by atoms with E-state index < -0.39 is 0 Å². The molecule has 0 spiro atoms. The Hall–Kier alpha value is -2.54. The van der Waals surface area contributed by atoms with Crippen LogP contribution >= 0.6 is 0 Å². The van der Waals surface area contributed by atoms with E-state index in [2.05, 4.69) is 67.6 Å². The molecule has 3 aromatic rings. The lowest BCUT2D eigenvalue weighted by atomic mass is 9.95. The Balaban J connectivity index is 0.00000103. The van der Waals surface area contributed by atoms with Crippen molar-refractivity contribution in [2.75, 3.05) is 7.11 Å². The molecule has 1 nitrogen and oxygen atoms in total. The summed E-state index contributed by atoms with van der Waals surface area (Å²) in [4.78, 5) is 0. The molecule has 27 heavy (non-hydrogen) atoms. The van der Waals surface area contributed by atoms with Gasteiger partial charge in [-0.15, -0.1) is 0 Å². The molecule has 146 valence electrons. The minimum Gasteiger partial charge on any atom is -0.495 e. The van der Waals surface area contributed by atoms with Crippen LogP contribution in [0, 0.1) is 6.92 Å². The molecule has 0 unspecified atom stereocenters. The molecule has 0 fully saturated rings. The fraction of sp³-hybridized carbons (Fsp3) is 0.308. The van der Waals surface area contributed by atoms with Gasteiger partial charge in [0, 0.05) is 11.1 Å². The summed E-state index contributed by atoms with van der Waals surface area (Å²) >= 11 is 0. The van der Waals surface area contributed by atoms with E-state index in [0.717, 1.165) is 16.9 Å². The van der Waals surface area contributed by atoms with Crippen molar-refractivity contribution in [2.24, 2.45) is 0 Å². The largest absolute Gasteiger partial charge is 0.495 e. The van der Waals surface area contributed by atoms with Crippen LogP contribution in [-0.2, 0) is 0 Å². The molecule has 0 radical (unpaired) electrons. The van der Waals surface area contributed by atoms with Crippen LogP contribution in [0.2, 0.25) is 0 Å². The molecular weight excluding hydrogens is 328 g/mol. The second-order valence-corrected chi connectivity index (χ2v) is 5.13. The van der Waals surface area contributed by atoms with E-state index in [1.54, 1.807) is 7.11 Å². The van der Waals surface area contributed by atoms with E-state index in [0.29, 0.717) is 0 Å². The maximum Gasteiger partial charge on any atom is 0.134 e. The van der Waals surface area contributed by atoms with Crippen LogP contribution in [0.4, 0.5) is 0 Å². The molecule has 0 heterocycles. The topological polar surface area (TPSA) is 9.23 Å². The van der Waals surface area contributed by atoms with Gasteiger partial charge in [-0.05, 0) is 35.7 Å². The van der Waals surface area contributed by atoms with Crippen LogP contribution in [0.3, 0.4) is 0 Å². The van der Waals surface area contributed by atoms with Crippen LogP contribution in [0.5, 0.6) is 5.75 Å². The molecule has 0 N–H and O–H groups in total. The smallest absolute Gasteiger partial charge is 0.134 e. The fourth-order valence-electron chi connectivity index (χ4n) is 2.66. The second kappa shape index (κ2) is 14.6. The number of hydrogen-bond acceptors (Lipinski definition) is 1. The number of methoxy groups -OCH3 is 1. The van der Waals surface area contributed by atoms with Crippen molar-refractivity contribution in [2.45, 2.75) is 48.5 Å². The first-order valence-electron chi connectivity index (χ1n) is 10.1. The van der Waals surface area contributed by atoms with Gasteiger partial charge in [0.2, 0.25) is 0 Å². The van der Waals surface area contributed by atoms with E-state index in [9.17, 15) is 0 Å². The Labute approximate surface area is 167 Å². The summed E-state index contributed by atoms with van der Waals surface area (Å²) in [5, 5.41) is 0. The lowest BCUT2D eigenvalue weighted by molar-refractivity contribution is 0.418. The Kier molecular flexibility index (Phi) is 13.2. The van der Waals surface area contributed by atoms with Gasteiger partial charge in [0.25, 0.3) is 0 Å². The van der Waals surface area contributed by atoms with E-state index in [1.807, 2.05) is 53.7 Å². The molecule has 0 amide bonds. The van der Waals surface area contributed by atoms with Crippen molar-refractivity contribution < 1.29 is 4.74 Å². The van der Waals surface area contributed by atoms with E-state index >= 15 is 0 Å². The molecule has 0 aliphatic carbocycles. The Bertz CT molecular complexity index is 670. The van der Waals surface area contributed by atoms with Gasteiger partial charge in [-0.1, -0.05) is 102 Å². The quantitative estimate of drug-likeness (QED) is 0.453. The van der Waals surface area contributed by atoms with Gasteiger partial charge in [-0.2, -0.15) is 0 Å². The summed E-state index contributed by atoms with van der Waals surface area (Å²) < 4.78 is 5.74. The van der Waals surface area contributed by atoms with Crippen LogP contribution in [0.1, 0.15) is 47.1 Å². The van der Waals surface area contributed by atoms with Crippen molar-refractivity contribution >= 4 is 0 Å². The minimum atomic E-state index is 0.929. The molecule has 0 saturated heterocycles. The molecular formula is C26H36O. The molecule has 0 aromatic heterocycles. The van der Waals surface area contributed by atoms with E-state index in [4.69, 9.17) is 4.74 Å². The standard InChI is InChI=1S/C20H18O.3C2H6/c1-15-13-18(16-9-5-3-6-10-16)20(21-2)19(14-15)17-11-7-4-8-12-17;3*1-2/h3-14H,1-2H3;3*1-2H3. The first-order valence-corrected chi connectivity index (χ1v) is 10.1. The normalized spacial score (nSPS) is 8.74. The number of benzene rings is 3. The maximum atomic E-state index is 5.74. The average Bonchev–Trinajstić information content (AvgIpc) is 2.78. The summed E-state index contributed by atoms with van der Waals surface area (Å²) in [5.41, 5.74) is 5.85. The number of aryl methyl sites for hydroxylation is 1. The van der Waals surface area contributed by atoms with Crippen molar-refractivity contribution in [1.29, 1.82) is 0 Å². The SMILES string of the molecule is CC.CC.CC.COc1c(-c2ccccc2)cc(C)cc1-c1ccccc1. The predicted octanol–water partition coefficient (Wildman–Crippen LogP) is 8.42. The first-order chi connectivity index (χ1) is 13.3. The Morgan fingerprint density at radius 2 is 0.889 bits per heavy atom. The molecule has 1 heteroatoms. The summed E-state index contributed by atoms with van der Waals surface area (Å²) in [6.45, 7) is 14.1. The van der Waals surface area contributed by atoms with Gasteiger partial charge in [-0.3, -0.25) is 0 Å². The molecule has 0 aliphatic rings. The van der Waals surface area contributed by atoms with Gasteiger partial charge < -0.3 is 4.74 Å². The highest BCUT2D eigenvalue weighted by molar-refractivity contribution is 5.83. The Morgan fingerprint density at radius 1 is 0.556 bits per heavy atom. The van der Waals surface area contributed by atoms with Gasteiger partial charge >= 0.3 is 0 Å². The zero-order chi connectivity index (χ0) is 20.7. The van der Waals surface area contributed by atoms with Crippen LogP contribution in [0.15, 0.2) is 72.8 Å². The summed E-state index contributed by atoms with van der Waals surface area (Å²) in [6.07, 6.45) is 0. The van der Waals surface area contributed by atoms with Crippen molar-refractivity contribution in [1.82, 2.24) is 0 Å². The second-order valence-electron chi connectivity index (χ2n) is 5.13. The van der Waals surface area contributed by atoms with E-state index in [-0.39, 0.29) is 0 Å². The number of rotatable bonds is 3. The van der Waals surface area contributed by atoms with E-state index in [1.165, 1.54) is 16.7 Å². The van der Waals surface area contributed by atoms with Gasteiger partial charge in [0.05, 0.1) is 7.11 Å². The molecule has 3 rings (SSSR count). The molecule has 0 atom stereocenters. The van der Waals surface area contributed by atoms with Gasteiger partial charge in [0.15, 0.2) is 0 Å². The van der Waals surface area contributed by atoms with Crippen molar-refractivity contribution in [3.05, 3.63) is 78.4 Å². The third-order valence-corrected chi connectivity index (χ3v) is 3.61. The fourth-order valence-corrected chi connectivity index (χ4v) is 2.66. The first kappa shape index (κ1) is 24.5. The zero-order valence-electron chi connectivity index (χ0n) is 18.3. The predicted molar refractivity (Wildman–Crippen MR) is 123 cm³/mol. The summed E-state index contributed by atoms with van der Waals surface area (Å²) in [7, 11) is 1.74. The van der Waals surface area contributed by atoms with Crippen LogP contribution < -0.4 is 4.74 Å². The van der Waals surface area contributed by atoms with Crippen LogP contribution in [0.25, 0.3) is 22.3 Å². The third kappa shape index (κ3) is 6.94. The van der Waals surface area contributed by atoms with Crippen LogP contribution in [-0.4, -0.2) is 7.11 Å². The summed E-state index contributed by atoms with van der Waals surface area (Å²) in [6, 6.07) is 25.1.